The van der Waals surface area contributed by atoms with Crippen molar-refractivity contribution in [1.82, 2.24) is 4.90 Å². The Hall–Kier alpha value is -0.150. The fraction of sp³-hybridized carbons (Fsp3) is 1.00. The van der Waals surface area contributed by atoms with Gasteiger partial charge in [0.2, 0.25) is 0 Å². The number of hydrogen-bond donors (Lipinski definition) is 1. The number of nitrogens with zero attached hydrogens (tertiary/aromatic N) is 1. The van der Waals surface area contributed by atoms with E-state index in [9.17, 15) is 4.39 Å². The second-order valence-corrected chi connectivity index (χ2v) is 3.12. The molecule has 0 saturated carbocycles. The molecule has 0 bridgehead atoms. The molecule has 3 heteroatoms. The van der Waals surface area contributed by atoms with E-state index in [-0.39, 0.29) is 6.61 Å². The Balaban J connectivity index is 2.12. The topological polar surface area (TPSA) is 23.5 Å². The fourth-order valence-corrected chi connectivity index (χ4v) is 1.50. The van der Waals surface area contributed by atoms with Gasteiger partial charge in [0, 0.05) is 19.7 Å². The number of alkyl halides is 1. The van der Waals surface area contributed by atoms with Crippen molar-refractivity contribution in [3.63, 3.8) is 0 Å². The summed E-state index contributed by atoms with van der Waals surface area (Å²) in [4.78, 5) is 2.09. The van der Waals surface area contributed by atoms with E-state index in [1.807, 2.05) is 0 Å². The summed E-state index contributed by atoms with van der Waals surface area (Å²) in [5.41, 5.74) is 0. The fourth-order valence-electron chi connectivity index (χ4n) is 1.50. The molecule has 1 heterocycles. The van der Waals surface area contributed by atoms with Crippen molar-refractivity contribution in [2.45, 2.75) is 25.4 Å². The first kappa shape index (κ1) is 8.94. The summed E-state index contributed by atoms with van der Waals surface area (Å²) in [6, 6.07) is 0. The van der Waals surface area contributed by atoms with Crippen LogP contribution in [0, 0.1) is 0 Å². The third-order valence-electron chi connectivity index (χ3n) is 2.08. The summed E-state index contributed by atoms with van der Waals surface area (Å²) in [7, 11) is 0. The monoisotopic (exact) mass is 161 g/mol. The maximum absolute atomic E-state index is 12.8. The van der Waals surface area contributed by atoms with Crippen LogP contribution < -0.4 is 0 Å². The molecule has 1 saturated heterocycles. The van der Waals surface area contributed by atoms with Gasteiger partial charge in [-0.3, -0.25) is 0 Å². The molecule has 66 valence electrons. The highest BCUT2D eigenvalue weighted by molar-refractivity contribution is 4.71. The normalized spacial score (nSPS) is 27.3. The van der Waals surface area contributed by atoms with Crippen LogP contribution in [0.5, 0.6) is 0 Å². The Kier molecular flexibility index (Phi) is 3.80. The lowest BCUT2D eigenvalue weighted by Crippen LogP contribution is -2.37. The molecule has 1 unspecified atom stereocenters. The molecule has 0 aromatic rings. The summed E-state index contributed by atoms with van der Waals surface area (Å²) in [5.74, 6) is 0. The van der Waals surface area contributed by atoms with Crippen LogP contribution >= 0.6 is 0 Å². The Morgan fingerprint density at radius 3 is 3.00 bits per heavy atom. The lowest BCUT2D eigenvalue weighted by Gasteiger charge is -2.28. The highest BCUT2D eigenvalue weighted by atomic mass is 19.1. The zero-order chi connectivity index (χ0) is 8.10. The van der Waals surface area contributed by atoms with Gasteiger partial charge in [-0.2, -0.15) is 0 Å². The van der Waals surface area contributed by atoms with Crippen molar-refractivity contribution >= 4 is 0 Å². The van der Waals surface area contributed by atoms with Gasteiger partial charge in [-0.05, 0) is 25.8 Å². The van der Waals surface area contributed by atoms with Gasteiger partial charge in [0.05, 0.1) is 0 Å². The van der Waals surface area contributed by atoms with E-state index in [4.69, 9.17) is 5.11 Å². The average molecular weight is 161 g/mol. The van der Waals surface area contributed by atoms with Gasteiger partial charge in [-0.15, -0.1) is 0 Å². The SMILES string of the molecule is OCCCN1CCCC(F)C1. The van der Waals surface area contributed by atoms with Gasteiger partial charge in [-0.25, -0.2) is 4.39 Å². The van der Waals surface area contributed by atoms with E-state index in [0.29, 0.717) is 6.54 Å². The van der Waals surface area contributed by atoms with Crippen LogP contribution in [-0.2, 0) is 0 Å². The van der Waals surface area contributed by atoms with Gasteiger partial charge in [0.25, 0.3) is 0 Å². The number of aliphatic hydroxyl groups excluding tert-OH is 1. The van der Waals surface area contributed by atoms with Gasteiger partial charge in [0.1, 0.15) is 6.17 Å². The van der Waals surface area contributed by atoms with Crippen LogP contribution in [-0.4, -0.2) is 42.4 Å². The van der Waals surface area contributed by atoms with Crippen LogP contribution in [0.25, 0.3) is 0 Å². The molecule has 2 nitrogen and oxygen atoms in total. The zero-order valence-corrected chi connectivity index (χ0v) is 6.80. The van der Waals surface area contributed by atoms with Gasteiger partial charge in [-0.1, -0.05) is 0 Å². The first-order valence-electron chi connectivity index (χ1n) is 4.30. The largest absolute Gasteiger partial charge is 0.396 e. The van der Waals surface area contributed by atoms with Crippen LogP contribution in [0.15, 0.2) is 0 Å². The molecule has 1 aliphatic heterocycles. The number of likely N-dealkylation sites (tertiary alicyclic amines) is 1. The van der Waals surface area contributed by atoms with Crippen LogP contribution in [0.2, 0.25) is 0 Å². The highest BCUT2D eigenvalue weighted by Gasteiger charge is 2.17. The van der Waals surface area contributed by atoms with Gasteiger partial charge in [0.15, 0.2) is 0 Å². The molecular weight excluding hydrogens is 145 g/mol. The number of aliphatic hydroxyl groups is 1. The molecule has 1 aliphatic rings. The Morgan fingerprint density at radius 2 is 2.36 bits per heavy atom. The van der Waals surface area contributed by atoms with Crippen molar-refractivity contribution in [1.29, 1.82) is 0 Å². The smallest absolute Gasteiger partial charge is 0.113 e. The highest BCUT2D eigenvalue weighted by Crippen LogP contribution is 2.12. The Morgan fingerprint density at radius 1 is 1.55 bits per heavy atom. The molecule has 0 aromatic carbocycles. The Labute approximate surface area is 67.0 Å². The van der Waals surface area contributed by atoms with E-state index < -0.39 is 6.17 Å². The van der Waals surface area contributed by atoms with Crippen molar-refractivity contribution in [3.8, 4) is 0 Å². The molecule has 1 atom stereocenters. The molecule has 0 aromatic heterocycles. The summed E-state index contributed by atoms with van der Waals surface area (Å²) >= 11 is 0. The summed E-state index contributed by atoms with van der Waals surface area (Å²) in [5, 5.41) is 8.54. The first-order chi connectivity index (χ1) is 5.33. The maximum atomic E-state index is 12.8. The maximum Gasteiger partial charge on any atom is 0.113 e. The van der Waals surface area contributed by atoms with Crippen LogP contribution in [0.4, 0.5) is 4.39 Å². The first-order valence-corrected chi connectivity index (χ1v) is 4.30. The van der Waals surface area contributed by atoms with E-state index >= 15 is 0 Å². The molecule has 1 rings (SSSR count). The minimum atomic E-state index is -0.637. The van der Waals surface area contributed by atoms with Crippen LogP contribution in [0.3, 0.4) is 0 Å². The predicted octanol–water partition coefficient (Wildman–Crippen LogP) is 0.803. The molecule has 0 aliphatic carbocycles. The van der Waals surface area contributed by atoms with Gasteiger partial charge < -0.3 is 10.0 Å². The minimum Gasteiger partial charge on any atom is -0.396 e. The van der Waals surface area contributed by atoms with Crippen molar-refractivity contribution in [2.24, 2.45) is 0 Å². The standard InChI is InChI=1S/C8H16FNO/c9-8-3-1-4-10(7-8)5-2-6-11/h8,11H,1-7H2. The summed E-state index contributed by atoms with van der Waals surface area (Å²) < 4.78 is 12.8. The molecule has 0 radical (unpaired) electrons. The number of hydrogen-bond acceptors (Lipinski definition) is 2. The number of rotatable bonds is 3. The van der Waals surface area contributed by atoms with Crippen molar-refractivity contribution in [3.05, 3.63) is 0 Å². The van der Waals surface area contributed by atoms with Crippen molar-refractivity contribution in [2.75, 3.05) is 26.2 Å². The molecular formula is C8H16FNO. The van der Waals surface area contributed by atoms with E-state index in [1.54, 1.807) is 0 Å². The molecule has 1 fully saturated rings. The summed E-state index contributed by atoms with van der Waals surface area (Å²) in [6.07, 6.45) is 1.82. The molecule has 0 amide bonds. The Bertz CT molecular complexity index is 110. The molecule has 1 N–H and O–H groups in total. The second kappa shape index (κ2) is 4.67. The van der Waals surface area contributed by atoms with E-state index in [1.165, 1.54) is 0 Å². The van der Waals surface area contributed by atoms with Crippen molar-refractivity contribution < 1.29 is 9.50 Å². The average Bonchev–Trinajstić information content (AvgIpc) is 2.01. The van der Waals surface area contributed by atoms with E-state index in [0.717, 1.165) is 32.4 Å². The zero-order valence-electron chi connectivity index (χ0n) is 6.80. The van der Waals surface area contributed by atoms with Gasteiger partial charge >= 0.3 is 0 Å². The van der Waals surface area contributed by atoms with E-state index in [2.05, 4.69) is 4.90 Å². The quantitative estimate of drug-likeness (QED) is 0.662. The number of halogens is 1. The predicted molar refractivity (Wildman–Crippen MR) is 42.3 cm³/mol. The lowest BCUT2D eigenvalue weighted by molar-refractivity contribution is 0.129. The minimum absolute atomic E-state index is 0.216. The summed E-state index contributed by atoms with van der Waals surface area (Å²) in [6.45, 7) is 2.63. The second-order valence-electron chi connectivity index (χ2n) is 3.12. The molecule has 0 spiro atoms. The lowest BCUT2D eigenvalue weighted by atomic mass is 10.1. The molecule has 11 heavy (non-hydrogen) atoms. The third-order valence-corrected chi connectivity index (χ3v) is 2.08. The third kappa shape index (κ3) is 3.16. The van der Waals surface area contributed by atoms with Crippen LogP contribution in [0.1, 0.15) is 19.3 Å². The number of piperidine rings is 1.